The van der Waals surface area contributed by atoms with Crippen molar-refractivity contribution < 1.29 is 32.4 Å². The first-order valence-corrected chi connectivity index (χ1v) is 6.68. The Bertz CT molecular complexity index is 831. The van der Waals surface area contributed by atoms with Gasteiger partial charge in [-0.2, -0.15) is 0 Å². The number of nitrogens with zero attached hydrogens (tertiary/aromatic N) is 1. The smallest absolute Gasteiger partial charge is 0.324 e. The van der Waals surface area contributed by atoms with Gasteiger partial charge in [0.25, 0.3) is 18.2 Å². The fourth-order valence-corrected chi connectivity index (χ4v) is 2.22. The molecule has 0 radical (unpaired) electrons. The predicted molar refractivity (Wildman–Crippen MR) is 73.7 cm³/mol. The van der Waals surface area contributed by atoms with Crippen LogP contribution in [0.15, 0.2) is 42.5 Å². The topological polar surface area (TPSA) is 63.7 Å². The summed E-state index contributed by atoms with van der Waals surface area (Å²) in [5.41, 5.74) is -1.34. The normalized spacial score (nSPS) is 13.4. The lowest BCUT2D eigenvalue weighted by molar-refractivity contribution is -0.0587. The van der Waals surface area contributed by atoms with E-state index in [1.165, 1.54) is 24.3 Å². The van der Waals surface area contributed by atoms with E-state index in [1.54, 1.807) is 0 Å². The third-order valence-electron chi connectivity index (χ3n) is 3.39. The number of alkyl halides is 2. The molecule has 0 saturated carbocycles. The number of imide groups is 1. The number of benzene rings is 2. The van der Waals surface area contributed by atoms with Gasteiger partial charge in [-0.25, -0.2) is 18.0 Å². The highest BCUT2D eigenvalue weighted by atomic mass is 19.3. The number of halogens is 3. The van der Waals surface area contributed by atoms with Gasteiger partial charge in [0, 0.05) is 5.56 Å². The molecule has 0 N–H and O–H groups in total. The van der Waals surface area contributed by atoms with E-state index in [2.05, 4.69) is 4.84 Å². The van der Waals surface area contributed by atoms with Crippen LogP contribution in [0.3, 0.4) is 0 Å². The molecular weight excluding hydrogens is 327 g/mol. The second kappa shape index (κ2) is 5.80. The number of hydrogen-bond acceptors (Lipinski definition) is 4. The van der Waals surface area contributed by atoms with E-state index in [4.69, 9.17) is 0 Å². The number of hydrogen-bond donors (Lipinski definition) is 0. The minimum Gasteiger partial charge on any atom is -0.324 e. The van der Waals surface area contributed by atoms with Gasteiger partial charge in [-0.3, -0.25) is 9.59 Å². The highest BCUT2D eigenvalue weighted by Crippen LogP contribution is 2.25. The second-order valence-electron chi connectivity index (χ2n) is 4.87. The van der Waals surface area contributed by atoms with Crippen LogP contribution in [-0.4, -0.2) is 22.8 Å². The van der Waals surface area contributed by atoms with Gasteiger partial charge < -0.3 is 4.84 Å². The molecule has 0 bridgehead atoms. The molecule has 8 heteroatoms. The summed E-state index contributed by atoms with van der Waals surface area (Å²) in [7, 11) is 0. The van der Waals surface area contributed by atoms with Crippen LogP contribution >= 0.6 is 0 Å². The van der Waals surface area contributed by atoms with Crippen molar-refractivity contribution >= 4 is 17.8 Å². The second-order valence-corrected chi connectivity index (χ2v) is 4.87. The van der Waals surface area contributed by atoms with E-state index in [0.717, 1.165) is 6.07 Å². The number of hydroxylamine groups is 2. The van der Waals surface area contributed by atoms with Crippen LogP contribution in [0.5, 0.6) is 0 Å². The third-order valence-corrected chi connectivity index (χ3v) is 3.39. The van der Waals surface area contributed by atoms with Crippen LogP contribution in [-0.2, 0) is 4.84 Å². The van der Waals surface area contributed by atoms with Crippen molar-refractivity contribution in [2.45, 2.75) is 6.43 Å². The number of rotatable bonds is 3. The highest BCUT2D eigenvalue weighted by molar-refractivity contribution is 6.21. The van der Waals surface area contributed by atoms with E-state index in [-0.39, 0.29) is 16.2 Å². The monoisotopic (exact) mass is 335 g/mol. The lowest BCUT2D eigenvalue weighted by atomic mass is 10.1. The Hall–Kier alpha value is -3.16. The Morgan fingerprint density at radius 3 is 2.12 bits per heavy atom. The number of amides is 2. The summed E-state index contributed by atoms with van der Waals surface area (Å²) in [4.78, 5) is 40.7. The van der Waals surface area contributed by atoms with Gasteiger partial charge >= 0.3 is 5.97 Å². The third kappa shape index (κ3) is 2.51. The molecular formula is C16H8F3NO4. The average molecular weight is 335 g/mol. The van der Waals surface area contributed by atoms with E-state index >= 15 is 0 Å². The van der Waals surface area contributed by atoms with Gasteiger partial charge in [-0.15, -0.1) is 0 Å². The molecule has 122 valence electrons. The summed E-state index contributed by atoms with van der Waals surface area (Å²) in [5.74, 6) is -4.32. The first-order valence-electron chi connectivity index (χ1n) is 6.68. The van der Waals surface area contributed by atoms with Crippen LogP contribution in [0.25, 0.3) is 0 Å². The molecule has 2 amide bonds. The van der Waals surface area contributed by atoms with E-state index < -0.39 is 41.2 Å². The minimum absolute atomic E-state index is 0.0251. The summed E-state index contributed by atoms with van der Waals surface area (Å²) in [6.45, 7) is 0. The number of carbonyl (C=O) groups is 3. The van der Waals surface area contributed by atoms with Crippen LogP contribution in [0.2, 0.25) is 0 Å². The minimum atomic E-state index is -2.92. The number of fused-ring (bicyclic) bond motifs is 1. The summed E-state index contributed by atoms with van der Waals surface area (Å²) in [6, 6.07) is 7.87. The van der Waals surface area contributed by atoms with Crippen LogP contribution in [0.1, 0.15) is 43.1 Å². The standard InChI is InChI=1S/C16H8F3NO4/c17-12-6-5-8(13(18)19)7-11(12)16(23)24-20-14(21)9-3-1-2-4-10(9)15(20)22/h1-7,13H. The number of carbonyl (C=O) groups excluding carboxylic acids is 3. The lowest BCUT2D eigenvalue weighted by Gasteiger charge is -2.13. The maximum atomic E-state index is 13.7. The Kier molecular flexibility index (Phi) is 3.80. The molecule has 5 nitrogen and oxygen atoms in total. The Balaban J connectivity index is 1.88. The molecule has 0 atom stereocenters. The quantitative estimate of drug-likeness (QED) is 0.809. The van der Waals surface area contributed by atoms with Gasteiger partial charge in [0.15, 0.2) is 0 Å². The van der Waals surface area contributed by atoms with Crippen molar-refractivity contribution in [1.29, 1.82) is 0 Å². The van der Waals surface area contributed by atoms with E-state index in [0.29, 0.717) is 12.1 Å². The van der Waals surface area contributed by atoms with E-state index in [1.807, 2.05) is 0 Å². The molecule has 0 unspecified atom stereocenters. The van der Waals surface area contributed by atoms with Crippen LogP contribution in [0, 0.1) is 5.82 Å². The molecule has 1 heterocycles. The van der Waals surface area contributed by atoms with Crippen LogP contribution in [0.4, 0.5) is 13.2 Å². The summed E-state index contributed by atoms with van der Waals surface area (Å²) >= 11 is 0. The molecule has 2 aromatic rings. The molecule has 1 aliphatic heterocycles. The maximum Gasteiger partial charge on any atom is 0.366 e. The van der Waals surface area contributed by atoms with Gasteiger partial charge in [-0.05, 0) is 24.3 Å². The molecule has 0 spiro atoms. The summed E-state index contributed by atoms with van der Waals surface area (Å²) in [6.07, 6.45) is -2.92. The molecule has 0 aromatic heterocycles. The first kappa shape index (κ1) is 15.7. The molecule has 0 fully saturated rings. The predicted octanol–water partition coefficient (Wildman–Crippen LogP) is 3.13. The first-order chi connectivity index (χ1) is 11.4. The largest absolute Gasteiger partial charge is 0.366 e. The van der Waals surface area contributed by atoms with Crippen molar-refractivity contribution in [2.75, 3.05) is 0 Å². The average Bonchev–Trinajstić information content (AvgIpc) is 2.80. The zero-order chi connectivity index (χ0) is 17.4. The van der Waals surface area contributed by atoms with Crippen molar-refractivity contribution in [3.8, 4) is 0 Å². The molecule has 2 aromatic carbocycles. The fraction of sp³-hybridized carbons (Fsp3) is 0.0625. The maximum absolute atomic E-state index is 13.7. The zero-order valence-corrected chi connectivity index (χ0v) is 11.8. The molecule has 0 saturated heterocycles. The highest BCUT2D eigenvalue weighted by Gasteiger charge is 2.39. The Morgan fingerprint density at radius 1 is 1.00 bits per heavy atom. The lowest BCUT2D eigenvalue weighted by Crippen LogP contribution is -2.33. The fourth-order valence-electron chi connectivity index (χ4n) is 2.22. The molecule has 0 aliphatic carbocycles. The van der Waals surface area contributed by atoms with Gasteiger partial charge in [-0.1, -0.05) is 23.3 Å². The van der Waals surface area contributed by atoms with Crippen molar-refractivity contribution in [3.63, 3.8) is 0 Å². The van der Waals surface area contributed by atoms with Gasteiger partial charge in [0.2, 0.25) is 0 Å². The van der Waals surface area contributed by atoms with Crippen molar-refractivity contribution in [3.05, 3.63) is 70.5 Å². The molecule has 1 aliphatic rings. The van der Waals surface area contributed by atoms with E-state index in [9.17, 15) is 27.6 Å². The Morgan fingerprint density at radius 2 is 1.58 bits per heavy atom. The Labute approximate surface area is 133 Å². The molecule has 3 rings (SSSR count). The van der Waals surface area contributed by atoms with Crippen LogP contribution < -0.4 is 0 Å². The summed E-state index contributed by atoms with van der Waals surface area (Å²) in [5, 5.41) is 0.182. The summed E-state index contributed by atoms with van der Waals surface area (Å²) < 4.78 is 39.0. The van der Waals surface area contributed by atoms with Gasteiger partial charge in [0.1, 0.15) is 5.82 Å². The van der Waals surface area contributed by atoms with Gasteiger partial charge in [0.05, 0.1) is 16.7 Å². The van der Waals surface area contributed by atoms with Crippen molar-refractivity contribution in [1.82, 2.24) is 5.06 Å². The SMILES string of the molecule is O=C(ON1C(=O)c2ccccc2C1=O)c1cc(C(F)F)ccc1F. The molecule has 24 heavy (non-hydrogen) atoms. The van der Waals surface area contributed by atoms with Crippen molar-refractivity contribution in [2.24, 2.45) is 0 Å². The zero-order valence-electron chi connectivity index (χ0n) is 11.8.